The van der Waals surface area contributed by atoms with Crippen LogP contribution >= 0.6 is 35.7 Å². The van der Waals surface area contributed by atoms with E-state index < -0.39 is 11.6 Å². The maximum absolute atomic E-state index is 13.8. The van der Waals surface area contributed by atoms with Gasteiger partial charge in [-0.25, -0.2) is 8.78 Å². The van der Waals surface area contributed by atoms with Crippen molar-refractivity contribution in [2.45, 2.75) is 43.4 Å². The summed E-state index contributed by atoms with van der Waals surface area (Å²) in [6, 6.07) is 4.17. The molecular weight excluding hydrogens is 443 g/mol. The van der Waals surface area contributed by atoms with Crippen LogP contribution in [-0.4, -0.2) is 37.1 Å². The smallest absolute Gasteiger partial charge is 0.191 e. The fraction of sp³-hybridized carbons (Fsp3) is 0.588. The summed E-state index contributed by atoms with van der Waals surface area (Å²) >= 11 is 1.92. The first-order valence-corrected chi connectivity index (χ1v) is 9.27. The van der Waals surface area contributed by atoms with E-state index >= 15 is 0 Å². The zero-order valence-electron chi connectivity index (χ0n) is 14.3. The van der Waals surface area contributed by atoms with Crippen LogP contribution in [0.2, 0.25) is 0 Å². The molecule has 0 saturated heterocycles. The third-order valence-corrected chi connectivity index (χ3v) is 5.45. The fourth-order valence-corrected chi connectivity index (χ4v) is 3.73. The van der Waals surface area contributed by atoms with Crippen LogP contribution in [0.4, 0.5) is 8.78 Å². The van der Waals surface area contributed by atoms with E-state index in [1.165, 1.54) is 18.6 Å². The molecule has 7 heteroatoms. The van der Waals surface area contributed by atoms with Gasteiger partial charge in [0.05, 0.1) is 0 Å². The van der Waals surface area contributed by atoms with E-state index in [9.17, 15) is 8.78 Å². The van der Waals surface area contributed by atoms with Gasteiger partial charge in [0.1, 0.15) is 11.6 Å². The van der Waals surface area contributed by atoms with Crippen molar-refractivity contribution in [3.63, 3.8) is 0 Å². The minimum atomic E-state index is -0.548. The number of guanidine groups is 1. The first-order valence-electron chi connectivity index (χ1n) is 7.98. The zero-order valence-corrected chi connectivity index (χ0v) is 17.5. The van der Waals surface area contributed by atoms with Crippen molar-refractivity contribution in [1.29, 1.82) is 0 Å². The van der Waals surface area contributed by atoms with Gasteiger partial charge in [-0.2, -0.15) is 11.8 Å². The number of halogens is 3. The fourth-order valence-electron chi connectivity index (χ4n) is 2.93. The van der Waals surface area contributed by atoms with Crippen molar-refractivity contribution >= 4 is 41.7 Å². The Bertz CT molecular complexity index is 557. The second kappa shape index (κ2) is 10.4. The van der Waals surface area contributed by atoms with Crippen LogP contribution < -0.4 is 10.6 Å². The van der Waals surface area contributed by atoms with E-state index in [2.05, 4.69) is 21.9 Å². The van der Waals surface area contributed by atoms with Gasteiger partial charge in [-0.05, 0) is 37.1 Å². The number of thioether (sulfide) groups is 1. The Morgan fingerprint density at radius 3 is 2.71 bits per heavy atom. The summed E-state index contributed by atoms with van der Waals surface area (Å²) in [4.78, 5) is 4.24. The minimum Gasteiger partial charge on any atom is -0.356 e. The van der Waals surface area contributed by atoms with E-state index in [0.717, 1.165) is 30.1 Å². The summed E-state index contributed by atoms with van der Waals surface area (Å²) in [5.41, 5.74) is 0.512. The summed E-state index contributed by atoms with van der Waals surface area (Å²) in [5, 5.41) is 7.39. The van der Waals surface area contributed by atoms with E-state index in [-0.39, 0.29) is 29.9 Å². The first-order chi connectivity index (χ1) is 11.0. The van der Waals surface area contributed by atoms with E-state index in [1.54, 1.807) is 7.05 Å². The number of hydrogen-bond donors (Lipinski definition) is 2. The van der Waals surface area contributed by atoms with Gasteiger partial charge in [-0.15, -0.1) is 24.0 Å². The largest absolute Gasteiger partial charge is 0.356 e. The van der Waals surface area contributed by atoms with E-state index in [1.807, 2.05) is 18.7 Å². The highest BCUT2D eigenvalue weighted by atomic mass is 127. The Morgan fingerprint density at radius 1 is 1.38 bits per heavy atom. The van der Waals surface area contributed by atoms with Crippen molar-refractivity contribution in [3.8, 4) is 0 Å². The molecule has 136 valence electrons. The molecular formula is C17H26F2IN3S. The first kappa shape index (κ1) is 21.5. The second-order valence-electron chi connectivity index (χ2n) is 6.03. The molecule has 2 rings (SSSR count). The lowest BCUT2D eigenvalue weighted by Gasteiger charge is -2.20. The molecule has 1 aliphatic carbocycles. The predicted octanol–water partition coefficient (Wildman–Crippen LogP) is 4.14. The SMILES string of the molecule is CN=C(NCC(C)c1ccc(F)cc1F)NC1CCC(SC)C1.I. The molecule has 1 aromatic carbocycles. The Labute approximate surface area is 164 Å². The molecule has 0 aliphatic heterocycles. The van der Waals surface area contributed by atoms with Gasteiger partial charge in [0.2, 0.25) is 0 Å². The normalized spacial score (nSPS) is 22.0. The maximum Gasteiger partial charge on any atom is 0.191 e. The highest BCUT2D eigenvalue weighted by molar-refractivity contribution is 14.0. The second-order valence-corrected chi connectivity index (χ2v) is 7.17. The monoisotopic (exact) mass is 469 g/mol. The van der Waals surface area contributed by atoms with Gasteiger partial charge in [-0.1, -0.05) is 13.0 Å². The molecule has 1 saturated carbocycles. The summed E-state index contributed by atoms with van der Waals surface area (Å²) in [6.45, 7) is 2.46. The van der Waals surface area contributed by atoms with Gasteiger partial charge in [0, 0.05) is 36.9 Å². The Hall–Kier alpha value is -0.570. The van der Waals surface area contributed by atoms with Crippen LogP contribution in [0.1, 0.15) is 37.7 Å². The molecule has 1 aromatic rings. The van der Waals surface area contributed by atoms with Crippen molar-refractivity contribution in [2.75, 3.05) is 19.8 Å². The molecule has 3 atom stereocenters. The van der Waals surface area contributed by atoms with Crippen LogP contribution in [-0.2, 0) is 0 Å². The van der Waals surface area contributed by atoms with Gasteiger partial charge >= 0.3 is 0 Å². The molecule has 0 heterocycles. The molecule has 3 nitrogen and oxygen atoms in total. The van der Waals surface area contributed by atoms with Crippen LogP contribution in [0.5, 0.6) is 0 Å². The molecule has 0 amide bonds. The summed E-state index contributed by atoms with van der Waals surface area (Å²) in [6.07, 6.45) is 5.67. The highest BCUT2D eigenvalue weighted by Gasteiger charge is 2.24. The molecule has 1 aliphatic rings. The molecule has 0 radical (unpaired) electrons. The van der Waals surface area contributed by atoms with Crippen LogP contribution in [0.15, 0.2) is 23.2 Å². The van der Waals surface area contributed by atoms with Crippen LogP contribution in [0.3, 0.4) is 0 Å². The van der Waals surface area contributed by atoms with E-state index in [4.69, 9.17) is 0 Å². The van der Waals surface area contributed by atoms with Gasteiger partial charge in [0.15, 0.2) is 5.96 Å². The molecule has 24 heavy (non-hydrogen) atoms. The summed E-state index contributed by atoms with van der Waals surface area (Å²) in [7, 11) is 1.74. The average molecular weight is 469 g/mol. The van der Waals surface area contributed by atoms with Gasteiger partial charge in [-0.3, -0.25) is 4.99 Å². The maximum atomic E-state index is 13.8. The third kappa shape index (κ3) is 6.06. The summed E-state index contributed by atoms with van der Waals surface area (Å²) in [5.74, 6) is -0.378. The van der Waals surface area contributed by atoms with Crippen LogP contribution in [0.25, 0.3) is 0 Å². The van der Waals surface area contributed by atoms with Crippen molar-refractivity contribution in [2.24, 2.45) is 4.99 Å². The lowest BCUT2D eigenvalue weighted by molar-refractivity contribution is 0.553. The quantitative estimate of drug-likeness (QED) is 0.387. The number of benzene rings is 1. The van der Waals surface area contributed by atoms with Crippen molar-refractivity contribution in [3.05, 3.63) is 35.4 Å². The number of nitrogens with one attached hydrogen (secondary N) is 2. The topological polar surface area (TPSA) is 36.4 Å². The third-order valence-electron chi connectivity index (χ3n) is 4.35. The highest BCUT2D eigenvalue weighted by Crippen LogP contribution is 2.28. The number of nitrogens with zero attached hydrogens (tertiary/aromatic N) is 1. The van der Waals surface area contributed by atoms with Crippen molar-refractivity contribution < 1.29 is 8.78 Å². The Balaban J connectivity index is 0.00000288. The van der Waals surface area contributed by atoms with Crippen LogP contribution in [0, 0.1) is 11.6 Å². The number of aliphatic imine (C=N–C) groups is 1. The molecule has 3 unspecified atom stereocenters. The number of rotatable bonds is 5. The lowest BCUT2D eigenvalue weighted by atomic mass is 10.0. The van der Waals surface area contributed by atoms with Gasteiger partial charge in [0.25, 0.3) is 0 Å². The minimum absolute atomic E-state index is 0. The predicted molar refractivity (Wildman–Crippen MR) is 110 cm³/mol. The van der Waals surface area contributed by atoms with Crippen molar-refractivity contribution in [1.82, 2.24) is 10.6 Å². The van der Waals surface area contributed by atoms with E-state index in [0.29, 0.717) is 18.2 Å². The standard InChI is InChI=1S/C17H25F2N3S.HI/c1-11(15-7-4-12(18)8-16(15)19)10-21-17(20-2)22-13-5-6-14(9-13)23-3;/h4,7-8,11,13-14H,5-6,9-10H2,1-3H3,(H2,20,21,22);1H. The lowest BCUT2D eigenvalue weighted by Crippen LogP contribution is -2.43. The Morgan fingerprint density at radius 2 is 2.12 bits per heavy atom. The number of hydrogen-bond acceptors (Lipinski definition) is 2. The molecule has 2 N–H and O–H groups in total. The van der Waals surface area contributed by atoms with Gasteiger partial charge < -0.3 is 10.6 Å². The molecule has 0 bridgehead atoms. The summed E-state index contributed by atoms with van der Waals surface area (Å²) < 4.78 is 26.8. The molecule has 1 fully saturated rings. The Kier molecular flexibility index (Phi) is 9.33. The zero-order chi connectivity index (χ0) is 16.8. The molecule has 0 aromatic heterocycles. The molecule has 0 spiro atoms. The average Bonchev–Trinajstić information content (AvgIpc) is 2.98.